The minimum atomic E-state index is 0.310. The van der Waals surface area contributed by atoms with Gasteiger partial charge in [0.25, 0.3) is 0 Å². The van der Waals surface area contributed by atoms with E-state index >= 15 is 0 Å². The zero-order valence-electron chi connectivity index (χ0n) is 17.6. The maximum Gasteiger partial charge on any atom is 0.226 e. The molecular weight excluding hydrogens is 392 g/mol. The van der Waals surface area contributed by atoms with Gasteiger partial charge < -0.3 is 21.3 Å². The van der Waals surface area contributed by atoms with Crippen LogP contribution in [0.15, 0.2) is 48.5 Å². The number of benzene rings is 2. The van der Waals surface area contributed by atoms with Crippen LogP contribution in [0.5, 0.6) is 0 Å². The van der Waals surface area contributed by atoms with Crippen LogP contribution in [0, 0.1) is 0 Å². The molecule has 4 aromatic rings. The summed E-state index contributed by atoms with van der Waals surface area (Å²) in [6.07, 6.45) is 0.875. The van der Waals surface area contributed by atoms with Crippen LogP contribution in [0.3, 0.4) is 0 Å². The summed E-state index contributed by atoms with van der Waals surface area (Å²) < 4.78 is 0. The van der Waals surface area contributed by atoms with Gasteiger partial charge in [-0.15, -0.1) is 20.4 Å². The Morgan fingerprint density at radius 2 is 1.29 bits per heavy atom. The average Bonchev–Trinajstić information content (AvgIpc) is 3.41. The standard InChI is InChI=1S/C21H26N10/c1-30(20-24-18(22)26-28-20)10-9-14-5-3-7-16(11-14)17-8-4-6-15(12-17)13-31(2)21-25-19(23)27-29-21/h3-8,11-12H,9-10,13H2,1-2H3,(H3,22,24,26,28)(H3,23,25,27,29). The number of aromatic nitrogens is 6. The van der Waals surface area contributed by atoms with E-state index < -0.39 is 0 Å². The lowest BCUT2D eigenvalue weighted by atomic mass is 10.00. The molecule has 0 bridgehead atoms. The molecule has 0 spiro atoms. The highest BCUT2D eigenvalue weighted by atomic mass is 15.4. The Balaban J connectivity index is 1.44. The van der Waals surface area contributed by atoms with Gasteiger partial charge in [0.1, 0.15) is 0 Å². The molecule has 0 radical (unpaired) electrons. The summed E-state index contributed by atoms with van der Waals surface area (Å²) in [7, 11) is 3.91. The van der Waals surface area contributed by atoms with Crippen LogP contribution in [0.4, 0.5) is 23.8 Å². The molecule has 0 aliphatic rings. The quantitative estimate of drug-likeness (QED) is 0.341. The molecule has 0 aliphatic carbocycles. The Labute approximate surface area is 180 Å². The van der Waals surface area contributed by atoms with Crippen molar-refractivity contribution in [3.05, 3.63) is 59.7 Å². The second kappa shape index (κ2) is 8.74. The maximum absolute atomic E-state index is 5.63. The number of rotatable bonds is 8. The molecule has 160 valence electrons. The average molecular weight is 419 g/mol. The van der Waals surface area contributed by atoms with Gasteiger partial charge in [0.2, 0.25) is 23.8 Å². The molecule has 0 fully saturated rings. The fraction of sp³-hybridized carbons (Fsp3) is 0.238. The van der Waals surface area contributed by atoms with E-state index in [1.165, 1.54) is 22.3 Å². The fourth-order valence-corrected chi connectivity index (χ4v) is 3.38. The number of nitrogens with zero attached hydrogens (tertiary/aromatic N) is 6. The SMILES string of the molecule is CN(CCc1cccc(-c2cccc(CN(C)c3nnc(N)[nH]3)c2)c1)c1nnc(N)[nH]1. The summed E-state index contributed by atoms with van der Waals surface area (Å²) in [6, 6.07) is 17.1. The maximum atomic E-state index is 5.63. The van der Waals surface area contributed by atoms with Crippen LogP contribution in [0.1, 0.15) is 11.1 Å². The van der Waals surface area contributed by atoms with Crippen molar-refractivity contribution < 1.29 is 0 Å². The number of nitrogens with two attached hydrogens (primary N) is 2. The lowest BCUT2D eigenvalue weighted by Gasteiger charge is -2.16. The van der Waals surface area contributed by atoms with Gasteiger partial charge in [0.05, 0.1) is 0 Å². The van der Waals surface area contributed by atoms with Crippen LogP contribution in [0.25, 0.3) is 11.1 Å². The molecule has 2 aromatic heterocycles. The number of nitrogens with one attached hydrogen (secondary N) is 2. The third kappa shape index (κ3) is 4.92. The summed E-state index contributed by atoms with van der Waals surface area (Å²) in [5.74, 6) is 1.94. The number of aromatic amines is 2. The molecule has 10 heteroatoms. The van der Waals surface area contributed by atoms with Crippen LogP contribution >= 0.6 is 0 Å². The van der Waals surface area contributed by atoms with E-state index in [2.05, 4.69) is 78.9 Å². The third-order valence-electron chi connectivity index (χ3n) is 5.05. The molecule has 2 aromatic carbocycles. The lowest BCUT2D eigenvalue weighted by Crippen LogP contribution is -2.21. The van der Waals surface area contributed by atoms with Crippen LogP contribution in [0.2, 0.25) is 0 Å². The first-order valence-corrected chi connectivity index (χ1v) is 9.95. The number of hydrogen-bond acceptors (Lipinski definition) is 8. The molecule has 4 rings (SSSR count). The van der Waals surface area contributed by atoms with Crippen molar-refractivity contribution in [3.8, 4) is 11.1 Å². The normalized spacial score (nSPS) is 10.9. The molecule has 2 heterocycles. The predicted octanol–water partition coefficient (Wildman–Crippen LogP) is 2.07. The van der Waals surface area contributed by atoms with Crippen molar-refractivity contribution in [1.29, 1.82) is 0 Å². The van der Waals surface area contributed by atoms with E-state index in [-0.39, 0.29) is 0 Å². The van der Waals surface area contributed by atoms with Gasteiger partial charge in [-0.25, -0.2) is 0 Å². The van der Waals surface area contributed by atoms with Crippen LogP contribution in [-0.2, 0) is 13.0 Å². The van der Waals surface area contributed by atoms with Crippen molar-refractivity contribution in [2.24, 2.45) is 0 Å². The van der Waals surface area contributed by atoms with Crippen LogP contribution < -0.4 is 21.3 Å². The molecule has 0 saturated carbocycles. The molecule has 0 unspecified atom stereocenters. The highest BCUT2D eigenvalue weighted by Gasteiger charge is 2.09. The summed E-state index contributed by atoms with van der Waals surface area (Å²) >= 11 is 0. The second-order valence-electron chi connectivity index (χ2n) is 7.50. The van der Waals surface area contributed by atoms with Crippen molar-refractivity contribution in [3.63, 3.8) is 0 Å². The van der Waals surface area contributed by atoms with Gasteiger partial charge in [0, 0.05) is 27.2 Å². The Kier molecular flexibility index (Phi) is 5.69. The van der Waals surface area contributed by atoms with E-state index in [0.29, 0.717) is 30.3 Å². The van der Waals surface area contributed by atoms with Crippen molar-refractivity contribution >= 4 is 23.8 Å². The summed E-state index contributed by atoms with van der Waals surface area (Å²) in [5.41, 5.74) is 16.0. The van der Waals surface area contributed by atoms with Gasteiger partial charge in [-0.05, 0) is 34.7 Å². The Bertz CT molecular complexity index is 1150. The first kappa shape index (κ1) is 20.2. The largest absolute Gasteiger partial charge is 0.368 e. The van der Waals surface area contributed by atoms with E-state index in [1.807, 2.05) is 23.9 Å². The van der Waals surface area contributed by atoms with Crippen molar-refractivity contribution in [2.45, 2.75) is 13.0 Å². The molecule has 0 amide bonds. The number of H-pyrrole nitrogens is 2. The van der Waals surface area contributed by atoms with Crippen LogP contribution in [-0.4, -0.2) is 51.0 Å². The number of anilines is 4. The molecule has 10 nitrogen and oxygen atoms in total. The Morgan fingerprint density at radius 3 is 1.87 bits per heavy atom. The van der Waals surface area contributed by atoms with Gasteiger partial charge in [-0.3, -0.25) is 9.97 Å². The molecule has 0 atom stereocenters. The van der Waals surface area contributed by atoms with E-state index in [0.717, 1.165) is 13.0 Å². The van der Waals surface area contributed by atoms with Crippen molar-refractivity contribution in [1.82, 2.24) is 30.4 Å². The Morgan fingerprint density at radius 1 is 0.742 bits per heavy atom. The zero-order chi connectivity index (χ0) is 21.8. The monoisotopic (exact) mass is 418 g/mol. The number of hydrogen-bond donors (Lipinski definition) is 4. The summed E-state index contributed by atoms with van der Waals surface area (Å²) in [6.45, 7) is 1.48. The summed E-state index contributed by atoms with van der Waals surface area (Å²) in [4.78, 5) is 9.87. The minimum Gasteiger partial charge on any atom is -0.368 e. The molecule has 31 heavy (non-hydrogen) atoms. The molecule has 6 N–H and O–H groups in total. The molecule has 0 aliphatic heterocycles. The van der Waals surface area contributed by atoms with Crippen molar-refractivity contribution in [2.75, 3.05) is 41.9 Å². The summed E-state index contributed by atoms with van der Waals surface area (Å²) in [5, 5.41) is 15.7. The third-order valence-corrected chi connectivity index (χ3v) is 5.05. The number of likely N-dealkylation sites (N-methyl/N-ethyl adjacent to an activating group) is 1. The van der Waals surface area contributed by atoms with Gasteiger partial charge >= 0.3 is 0 Å². The molecule has 0 saturated heterocycles. The predicted molar refractivity (Wildman–Crippen MR) is 123 cm³/mol. The fourth-order valence-electron chi connectivity index (χ4n) is 3.38. The second-order valence-corrected chi connectivity index (χ2v) is 7.50. The Hall–Kier alpha value is -4.08. The first-order valence-electron chi connectivity index (χ1n) is 9.95. The van der Waals surface area contributed by atoms with Gasteiger partial charge in [-0.2, -0.15) is 0 Å². The topological polar surface area (TPSA) is 142 Å². The highest BCUT2D eigenvalue weighted by Crippen LogP contribution is 2.23. The van der Waals surface area contributed by atoms with Gasteiger partial charge in [0.15, 0.2) is 0 Å². The first-order chi connectivity index (χ1) is 15.0. The highest BCUT2D eigenvalue weighted by molar-refractivity contribution is 5.65. The zero-order valence-corrected chi connectivity index (χ0v) is 17.6. The smallest absolute Gasteiger partial charge is 0.226 e. The van der Waals surface area contributed by atoms with Gasteiger partial charge in [-0.1, -0.05) is 42.5 Å². The minimum absolute atomic E-state index is 0.310. The number of nitrogen functional groups attached to an aromatic ring is 2. The van der Waals surface area contributed by atoms with E-state index in [1.54, 1.807) is 0 Å². The molecular formula is C21H26N10. The van der Waals surface area contributed by atoms with E-state index in [9.17, 15) is 0 Å². The lowest BCUT2D eigenvalue weighted by molar-refractivity contribution is 0.841. The van der Waals surface area contributed by atoms with E-state index in [4.69, 9.17) is 11.5 Å².